The zero-order chi connectivity index (χ0) is 11.4. The van der Waals surface area contributed by atoms with Gasteiger partial charge >= 0.3 is 0 Å². The Kier molecular flexibility index (Phi) is 3.20. The summed E-state index contributed by atoms with van der Waals surface area (Å²) >= 11 is 0. The first kappa shape index (κ1) is 10.7. The quantitative estimate of drug-likeness (QED) is 0.844. The van der Waals surface area contributed by atoms with Gasteiger partial charge in [0.25, 0.3) is 0 Å². The third-order valence-corrected chi connectivity index (χ3v) is 2.55. The van der Waals surface area contributed by atoms with Gasteiger partial charge in [0.05, 0.1) is 0 Å². The number of rotatable bonds is 3. The van der Waals surface area contributed by atoms with Crippen LogP contribution >= 0.6 is 0 Å². The molecule has 0 radical (unpaired) electrons. The Morgan fingerprint density at radius 3 is 2.75 bits per heavy atom. The van der Waals surface area contributed by atoms with Crippen molar-refractivity contribution in [2.45, 2.75) is 20.4 Å². The van der Waals surface area contributed by atoms with Crippen LogP contribution < -0.4 is 5.32 Å². The number of aryl methyl sites for hydroxylation is 2. The van der Waals surface area contributed by atoms with Gasteiger partial charge in [0.1, 0.15) is 5.82 Å². The molecule has 0 saturated carbocycles. The fraction of sp³-hybridized carbons (Fsp3) is 0.214. The average molecular weight is 212 g/mol. The van der Waals surface area contributed by atoms with Crippen LogP contribution in [0.4, 0.5) is 5.82 Å². The van der Waals surface area contributed by atoms with Crippen LogP contribution in [0.25, 0.3) is 0 Å². The van der Waals surface area contributed by atoms with Crippen LogP contribution in [0.15, 0.2) is 42.6 Å². The van der Waals surface area contributed by atoms with Crippen LogP contribution in [0, 0.1) is 13.8 Å². The monoisotopic (exact) mass is 212 g/mol. The highest BCUT2D eigenvalue weighted by atomic mass is 15.0. The van der Waals surface area contributed by atoms with E-state index in [0.717, 1.165) is 12.4 Å². The Balaban J connectivity index is 2.05. The fourth-order valence-corrected chi connectivity index (χ4v) is 1.68. The number of anilines is 1. The minimum absolute atomic E-state index is 0.819. The standard InChI is InChI=1S/C14H16N2/c1-11-5-3-7-13(9-11)10-16-14-12(2)6-4-8-15-14/h3-9H,10H2,1-2H3,(H,15,16). The van der Waals surface area contributed by atoms with Gasteiger partial charge in [0, 0.05) is 12.7 Å². The number of nitrogens with one attached hydrogen (secondary N) is 1. The average Bonchev–Trinajstić information content (AvgIpc) is 2.28. The van der Waals surface area contributed by atoms with Crippen molar-refractivity contribution < 1.29 is 0 Å². The Morgan fingerprint density at radius 2 is 2.00 bits per heavy atom. The first-order chi connectivity index (χ1) is 7.75. The largest absolute Gasteiger partial charge is 0.366 e. The van der Waals surface area contributed by atoms with Crippen molar-refractivity contribution >= 4 is 5.82 Å². The summed E-state index contributed by atoms with van der Waals surface area (Å²) in [6.45, 7) is 4.99. The predicted octanol–water partition coefficient (Wildman–Crippen LogP) is 3.31. The Morgan fingerprint density at radius 1 is 1.12 bits per heavy atom. The van der Waals surface area contributed by atoms with E-state index in [0.29, 0.717) is 0 Å². The van der Waals surface area contributed by atoms with Crippen LogP contribution in [0.3, 0.4) is 0 Å². The molecule has 0 aliphatic carbocycles. The van der Waals surface area contributed by atoms with Gasteiger partial charge < -0.3 is 5.32 Å². The second-order valence-corrected chi connectivity index (χ2v) is 4.01. The number of nitrogens with zero attached hydrogens (tertiary/aromatic N) is 1. The summed E-state index contributed by atoms with van der Waals surface area (Å²) in [7, 11) is 0. The predicted molar refractivity (Wildman–Crippen MR) is 67.5 cm³/mol. The van der Waals surface area contributed by atoms with Gasteiger partial charge in [-0.05, 0) is 31.0 Å². The maximum atomic E-state index is 4.30. The van der Waals surface area contributed by atoms with Gasteiger partial charge in [0.2, 0.25) is 0 Å². The molecule has 82 valence electrons. The molecule has 0 spiro atoms. The minimum Gasteiger partial charge on any atom is -0.366 e. The van der Waals surface area contributed by atoms with Crippen LogP contribution in [-0.4, -0.2) is 4.98 Å². The van der Waals surface area contributed by atoms with E-state index in [1.54, 1.807) is 0 Å². The van der Waals surface area contributed by atoms with Crippen LogP contribution in [0.2, 0.25) is 0 Å². The number of aromatic nitrogens is 1. The molecule has 0 aliphatic rings. The lowest BCUT2D eigenvalue weighted by Gasteiger charge is -2.08. The second-order valence-electron chi connectivity index (χ2n) is 4.01. The highest BCUT2D eigenvalue weighted by Crippen LogP contribution is 2.11. The Bertz CT molecular complexity index is 478. The van der Waals surface area contributed by atoms with E-state index < -0.39 is 0 Å². The lowest BCUT2D eigenvalue weighted by molar-refractivity contribution is 1.09. The lowest BCUT2D eigenvalue weighted by Crippen LogP contribution is -2.02. The van der Waals surface area contributed by atoms with Crippen LogP contribution in [-0.2, 0) is 6.54 Å². The van der Waals surface area contributed by atoms with Gasteiger partial charge in [-0.15, -0.1) is 0 Å². The van der Waals surface area contributed by atoms with E-state index >= 15 is 0 Å². The molecular formula is C14H16N2. The molecule has 2 aromatic rings. The summed E-state index contributed by atoms with van der Waals surface area (Å²) in [5.74, 6) is 0.962. The SMILES string of the molecule is Cc1cccc(CNc2ncccc2C)c1. The highest BCUT2D eigenvalue weighted by Gasteiger charge is 1.98. The maximum Gasteiger partial charge on any atom is 0.129 e. The first-order valence-corrected chi connectivity index (χ1v) is 5.47. The molecule has 2 heteroatoms. The van der Waals surface area contributed by atoms with E-state index in [1.807, 2.05) is 12.3 Å². The third kappa shape index (κ3) is 2.60. The summed E-state index contributed by atoms with van der Waals surface area (Å²) in [6.07, 6.45) is 1.81. The van der Waals surface area contributed by atoms with Crippen molar-refractivity contribution in [2.75, 3.05) is 5.32 Å². The molecule has 0 atom stereocenters. The van der Waals surface area contributed by atoms with Gasteiger partial charge in [-0.25, -0.2) is 4.98 Å². The molecule has 0 saturated heterocycles. The molecule has 0 aliphatic heterocycles. The normalized spacial score (nSPS) is 10.1. The van der Waals surface area contributed by atoms with Gasteiger partial charge in [-0.3, -0.25) is 0 Å². The molecule has 0 amide bonds. The van der Waals surface area contributed by atoms with Crippen molar-refractivity contribution in [1.82, 2.24) is 4.98 Å². The Labute approximate surface area is 96.4 Å². The summed E-state index contributed by atoms with van der Waals surface area (Å²) in [5, 5.41) is 3.35. The van der Waals surface area contributed by atoms with Crippen molar-refractivity contribution in [1.29, 1.82) is 0 Å². The molecule has 1 heterocycles. The number of hydrogen-bond acceptors (Lipinski definition) is 2. The van der Waals surface area contributed by atoms with Crippen molar-refractivity contribution in [2.24, 2.45) is 0 Å². The van der Waals surface area contributed by atoms with E-state index in [9.17, 15) is 0 Å². The zero-order valence-corrected chi connectivity index (χ0v) is 9.70. The second kappa shape index (κ2) is 4.79. The molecule has 0 bridgehead atoms. The molecule has 2 nitrogen and oxygen atoms in total. The highest BCUT2D eigenvalue weighted by molar-refractivity contribution is 5.43. The maximum absolute atomic E-state index is 4.30. The van der Waals surface area contributed by atoms with E-state index in [2.05, 4.69) is 54.5 Å². The van der Waals surface area contributed by atoms with Gasteiger partial charge in [-0.2, -0.15) is 0 Å². The molecule has 1 N–H and O–H groups in total. The molecular weight excluding hydrogens is 196 g/mol. The van der Waals surface area contributed by atoms with E-state index in [1.165, 1.54) is 16.7 Å². The smallest absolute Gasteiger partial charge is 0.129 e. The zero-order valence-electron chi connectivity index (χ0n) is 9.70. The summed E-state index contributed by atoms with van der Waals surface area (Å²) < 4.78 is 0. The van der Waals surface area contributed by atoms with Gasteiger partial charge in [-0.1, -0.05) is 35.9 Å². The van der Waals surface area contributed by atoms with Gasteiger partial charge in [0.15, 0.2) is 0 Å². The summed E-state index contributed by atoms with van der Waals surface area (Å²) in [4.78, 5) is 4.30. The van der Waals surface area contributed by atoms with Crippen LogP contribution in [0.1, 0.15) is 16.7 Å². The molecule has 0 unspecified atom stereocenters. The summed E-state index contributed by atoms with van der Waals surface area (Å²) in [6, 6.07) is 12.5. The van der Waals surface area contributed by atoms with E-state index in [4.69, 9.17) is 0 Å². The Hall–Kier alpha value is -1.83. The number of benzene rings is 1. The first-order valence-electron chi connectivity index (χ1n) is 5.47. The molecule has 2 rings (SSSR count). The number of hydrogen-bond donors (Lipinski definition) is 1. The van der Waals surface area contributed by atoms with Crippen molar-refractivity contribution in [3.8, 4) is 0 Å². The topological polar surface area (TPSA) is 24.9 Å². The minimum atomic E-state index is 0.819. The fourth-order valence-electron chi connectivity index (χ4n) is 1.68. The number of pyridine rings is 1. The third-order valence-electron chi connectivity index (χ3n) is 2.55. The molecule has 0 fully saturated rings. The van der Waals surface area contributed by atoms with E-state index in [-0.39, 0.29) is 0 Å². The van der Waals surface area contributed by atoms with Crippen LogP contribution in [0.5, 0.6) is 0 Å². The lowest BCUT2D eigenvalue weighted by atomic mass is 10.1. The molecule has 16 heavy (non-hydrogen) atoms. The molecule has 1 aromatic heterocycles. The molecule has 1 aromatic carbocycles. The van der Waals surface area contributed by atoms with Crippen molar-refractivity contribution in [3.05, 3.63) is 59.3 Å². The van der Waals surface area contributed by atoms with Crippen molar-refractivity contribution in [3.63, 3.8) is 0 Å². The summed E-state index contributed by atoms with van der Waals surface area (Å²) in [5.41, 5.74) is 3.75.